The van der Waals surface area contributed by atoms with Crippen LogP contribution in [0.15, 0.2) is 107 Å². The maximum absolute atomic E-state index is 14.1. The van der Waals surface area contributed by atoms with Crippen LogP contribution in [0.25, 0.3) is 11.1 Å². The third-order valence-corrected chi connectivity index (χ3v) is 16.1. The van der Waals surface area contributed by atoms with Crippen LogP contribution in [0.3, 0.4) is 0 Å². The first-order valence-corrected chi connectivity index (χ1v) is 29.7. The van der Waals surface area contributed by atoms with Crippen LogP contribution in [0, 0.1) is 17.8 Å². The van der Waals surface area contributed by atoms with Crippen LogP contribution in [-0.4, -0.2) is 153 Å². The minimum absolute atomic E-state index is 0.161. The van der Waals surface area contributed by atoms with Crippen LogP contribution in [0.4, 0.5) is 17.1 Å². The number of aliphatic imine (C=N–C) groups is 2. The monoisotopic (exact) mass is 1190 g/mol. The summed E-state index contributed by atoms with van der Waals surface area (Å²) in [6.45, 7) is 7.74. The molecule has 0 saturated heterocycles. The van der Waals surface area contributed by atoms with Crippen molar-refractivity contribution in [2.45, 2.75) is 96.7 Å². The first-order valence-electron chi connectivity index (χ1n) is 29.7. The third-order valence-electron chi connectivity index (χ3n) is 16.1. The molecular weight excluding hydrogens is 1110 g/mol. The SMILES string of the molecule is COc1cc2c(cc1OCCCCCOc1cc3c(cc1OC)C(=O)N1C=C(c4ccc(OCCCN(C)C)cc4)C[C@H]1C=N3)N=C[C@@H]1CC(c3ccc(NC(=O)[C@H](C)NC(=O)[C@@H](C(C)C)C(CCCCN4C(=O)C=CC4=O)C(N)=O)cc3)=CN1C2=O. The number of methoxy groups -OCH3 is 2. The van der Waals surface area contributed by atoms with Crippen molar-refractivity contribution < 1.29 is 57.2 Å². The first-order chi connectivity index (χ1) is 41.9. The lowest BCUT2D eigenvalue weighted by Crippen LogP contribution is -2.48. The van der Waals surface area contributed by atoms with Crippen LogP contribution in [-0.2, 0) is 24.0 Å². The van der Waals surface area contributed by atoms with E-state index in [0.717, 1.165) is 52.3 Å². The van der Waals surface area contributed by atoms with Gasteiger partial charge in [0.1, 0.15) is 11.8 Å². The minimum atomic E-state index is -0.958. The Labute approximate surface area is 507 Å². The Hall–Kier alpha value is -9.11. The van der Waals surface area contributed by atoms with Crippen LogP contribution >= 0.6 is 0 Å². The molecule has 458 valence electrons. The maximum Gasteiger partial charge on any atom is 0.260 e. The molecule has 5 atom stereocenters. The number of imide groups is 1. The largest absolute Gasteiger partial charge is 0.494 e. The zero-order chi connectivity index (χ0) is 61.9. The number of benzene rings is 4. The van der Waals surface area contributed by atoms with E-state index in [9.17, 15) is 33.6 Å². The summed E-state index contributed by atoms with van der Waals surface area (Å²) in [6.07, 6.45) is 15.2. The summed E-state index contributed by atoms with van der Waals surface area (Å²) >= 11 is 0. The Kier molecular flexibility index (Phi) is 20.4. The number of primary amides is 1. The number of carbonyl (C=O) groups is 7. The molecule has 87 heavy (non-hydrogen) atoms. The van der Waals surface area contributed by atoms with Crippen molar-refractivity contribution in [2.75, 3.05) is 66.5 Å². The predicted octanol–water partition coefficient (Wildman–Crippen LogP) is 8.52. The van der Waals surface area contributed by atoms with Gasteiger partial charge in [-0.3, -0.25) is 48.4 Å². The summed E-state index contributed by atoms with van der Waals surface area (Å²) in [5.41, 5.74) is 11.9. The highest BCUT2D eigenvalue weighted by atomic mass is 16.5. The fourth-order valence-electron chi connectivity index (χ4n) is 11.4. The molecule has 4 aromatic rings. The minimum Gasteiger partial charge on any atom is -0.494 e. The summed E-state index contributed by atoms with van der Waals surface area (Å²) in [5, 5.41) is 5.61. The highest BCUT2D eigenvalue weighted by Gasteiger charge is 2.38. The summed E-state index contributed by atoms with van der Waals surface area (Å²) < 4.78 is 29.7. The van der Waals surface area contributed by atoms with Gasteiger partial charge in [0.05, 0.1) is 74.5 Å². The van der Waals surface area contributed by atoms with Gasteiger partial charge >= 0.3 is 0 Å². The highest BCUT2D eigenvalue weighted by molar-refractivity contribution is 6.13. The molecular formula is C66H77N9O12. The lowest BCUT2D eigenvalue weighted by molar-refractivity contribution is -0.137. The van der Waals surface area contributed by atoms with E-state index in [4.69, 9.17) is 39.4 Å². The van der Waals surface area contributed by atoms with Gasteiger partial charge in [0.25, 0.3) is 23.6 Å². The maximum atomic E-state index is 14.1. The number of carbonyl (C=O) groups excluding carboxylic acids is 7. The molecule has 4 aromatic carbocycles. The van der Waals surface area contributed by atoms with E-state index in [0.29, 0.717) is 110 Å². The van der Waals surface area contributed by atoms with Gasteiger partial charge in [0.2, 0.25) is 17.7 Å². The van der Waals surface area contributed by atoms with Gasteiger partial charge in [0, 0.05) is 86.7 Å². The van der Waals surface area contributed by atoms with Crippen molar-refractivity contribution in [3.05, 3.63) is 120 Å². The standard InChI is InChI=1S/C66H77N9O12/c1-40(2)61(50(62(67)78)14-9-10-26-73-59(76)23-24-60(73)77)64(80)70-41(3)63(79)71-46-19-15-42(16-20-46)44-30-47-36-68-53-34-57(55(83-6)32-51(53)65(81)74(47)38-44)86-27-11-8-12-28-87-58-35-54-52(33-56(58)84-7)66(82)75-39-45(31-48(75)37-69-54)43-17-21-49(22-18-43)85-29-13-25-72(4)5/h15-24,32-41,47-48,50,61H,8-14,25-31H2,1-7H3,(H2,67,78)(H,70,80)(H,71,79)/t41-,47-,48-,50?,61-/m0/s1. The van der Waals surface area contributed by atoms with Gasteiger partial charge in [-0.2, -0.15) is 0 Å². The van der Waals surface area contributed by atoms with Gasteiger partial charge in [-0.15, -0.1) is 0 Å². The molecule has 21 nitrogen and oxygen atoms in total. The molecule has 5 aliphatic heterocycles. The molecule has 7 amide bonds. The highest BCUT2D eigenvalue weighted by Crippen LogP contribution is 2.42. The second kappa shape index (κ2) is 28.4. The average Bonchev–Trinajstić information content (AvgIpc) is 1.98. The number of unbranched alkanes of at least 4 members (excludes halogenated alkanes) is 3. The molecule has 4 N–H and O–H groups in total. The molecule has 21 heteroatoms. The van der Waals surface area contributed by atoms with Gasteiger partial charge in [-0.05, 0) is 124 Å². The van der Waals surface area contributed by atoms with Crippen LogP contribution in [0.2, 0.25) is 0 Å². The predicted molar refractivity (Wildman–Crippen MR) is 331 cm³/mol. The average molecular weight is 1190 g/mol. The number of hydrogen-bond donors (Lipinski definition) is 3. The molecule has 0 spiro atoms. The Morgan fingerprint density at radius 2 is 1.16 bits per heavy atom. The fourth-order valence-corrected chi connectivity index (χ4v) is 11.4. The van der Waals surface area contributed by atoms with E-state index in [1.54, 1.807) is 66.4 Å². The molecule has 1 unspecified atom stereocenters. The molecule has 0 saturated carbocycles. The topological polar surface area (TPSA) is 253 Å². The Morgan fingerprint density at radius 3 is 1.66 bits per heavy atom. The van der Waals surface area contributed by atoms with Gasteiger partial charge in [-0.25, -0.2) is 0 Å². The normalized spacial score (nSPS) is 17.6. The molecule has 9 rings (SSSR count). The molecule has 0 aliphatic carbocycles. The number of hydrogen-bond acceptors (Lipinski definition) is 15. The molecule has 0 bridgehead atoms. The Balaban J connectivity index is 0.722. The van der Waals surface area contributed by atoms with E-state index >= 15 is 0 Å². The fraction of sp³-hybridized carbons (Fsp3) is 0.409. The number of amides is 7. The van der Waals surface area contributed by atoms with Crippen LogP contribution < -0.4 is 40.1 Å². The van der Waals surface area contributed by atoms with E-state index in [1.165, 1.54) is 19.3 Å². The third kappa shape index (κ3) is 14.9. The van der Waals surface area contributed by atoms with E-state index < -0.39 is 35.6 Å². The zero-order valence-electron chi connectivity index (χ0n) is 50.4. The number of fused-ring (bicyclic) bond motifs is 4. The van der Waals surface area contributed by atoms with Crippen molar-refractivity contribution in [2.24, 2.45) is 33.5 Å². The Bertz CT molecular complexity index is 3390. The van der Waals surface area contributed by atoms with Gasteiger partial charge < -0.3 is 54.8 Å². The number of nitrogens with zero attached hydrogens (tertiary/aromatic N) is 6. The van der Waals surface area contributed by atoms with E-state index in [1.807, 2.05) is 83.0 Å². The molecule has 0 aromatic heterocycles. The van der Waals surface area contributed by atoms with Gasteiger partial charge in [0.15, 0.2) is 23.0 Å². The molecule has 0 fully saturated rings. The summed E-state index contributed by atoms with van der Waals surface area (Å²) in [7, 11) is 7.17. The second-order valence-electron chi connectivity index (χ2n) is 22.9. The van der Waals surface area contributed by atoms with Crippen molar-refractivity contribution in [3.63, 3.8) is 0 Å². The molecule has 0 radical (unpaired) electrons. The van der Waals surface area contributed by atoms with E-state index in [-0.39, 0.29) is 54.6 Å². The molecule has 5 aliphatic rings. The second-order valence-corrected chi connectivity index (χ2v) is 22.9. The number of rotatable bonds is 29. The zero-order valence-corrected chi connectivity index (χ0v) is 50.4. The van der Waals surface area contributed by atoms with Crippen LogP contribution in [0.5, 0.6) is 28.7 Å². The smallest absolute Gasteiger partial charge is 0.260 e. The van der Waals surface area contributed by atoms with Crippen molar-refractivity contribution in [1.29, 1.82) is 0 Å². The summed E-state index contributed by atoms with van der Waals surface area (Å²) in [4.78, 5) is 108. The number of nitrogens with two attached hydrogens (primary N) is 1. The number of nitrogens with one attached hydrogen (secondary N) is 2. The quantitative estimate of drug-likeness (QED) is 0.0341. The molecule has 5 heterocycles. The summed E-state index contributed by atoms with van der Waals surface area (Å²) in [5.74, 6) is -2.07. The number of ether oxygens (including phenoxy) is 5. The lowest BCUT2D eigenvalue weighted by Gasteiger charge is -2.28. The van der Waals surface area contributed by atoms with Crippen molar-refractivity contribution >= 4 is 82.0 Å². The number of anilines is 1. The summed E-state index contributed by atoms with van der Waals surface area (Å²) in [6, 6.07) is 20.5. The van der Waals surface area contributed by atoms with Crippen molar-refractivity contribution in [3.8, 4) is 28.7 Å². The first kappa shape index (κ1) is 62.4. The van der Waals surface area contributed by atoms with Crippen molar-refractivity contribution in [1.82, 2.24) is 24.9 Å². The Morgan fingerprint density at radius 1 is 0.644 bits per heavy atom. The van der Waals surface area contributed by atoms with Gasteiger partial charge in [-0.1, -0.05) is 44.5 Å². The van der Waals surface area contributed by atoms with Crippen LogP contribution in [0.1, 0.15) is 110 Å². The lowest BCUT2D eigenvalue weighted by atomic mass is 9.79. The van der Waals surface area contributed by atoms with E-state index in [2.05, 4.69) is 15.5 Å².